The van der Waals surface area contributed by atoms with E-state index in [0.717, 1.165) is 41.6 Å². The maximum atomic E-state index is 10.4. The van der Waals surface area contributed by atoms with Crippen LogP contribution in [0.5, 0.6) is 11.5 Å². The zero-order chi connectivity index (χ0) is 25.4. The normalized spacial score (nSPS) is 11.9. The quantitative estimate of drug-likeness (QED) is 0.200. The number of hydrogen-bond donors (Lipinski definition) is 2. The molecular formula is C28H20Br2N4O2. The number of hydrogen-bond acceptors (Lipinski definition) is 6. The number of azo groups is 2. The van der Waals surface area contributed by atoms with Crippen molar-refractivity contribution in [2.45, 2.75) is 13.8 Å². The number of rotatable bonds is 4. The Bertz CT molecular complexity index is 1590. The van der Waals surface area contributed by atoms with Crippen LogP contribution in [0, 0.1) is 13.8 Å². The summed E-state index contributed by atoms with van der Waals surface area (Å²) >= 11 is 6.95. The largest absolute Gasteiger partial charge is 0.506 e. The van der Waals surface area contributed by atoms with Crippen molar-refractivity contribution in [1.29, 1.82) is 0 Å². The summed E-state index contributed by atoms with van der Waals surface area (Å²) in [5, 5.41) is 42.0. The molecule has 0 radical (unpaired) electrons. The second-order valence-corrected chi connectivity index (χ2v) is 10.3. The number of benzene rings is 5. The van der Waals surface area contributed by atoms with Gasteiger partial charge in [0.15, 0.2) is 0 Å². The molecule has 178 valence electrons. The molecule has 0 unspecified atom stereocenters. The number of aromatic hydroxyl groups is 2. The second kappa shape index (κ2) is 9.79. The lowest BCUT2D eigenvalue weighted by Crippen LogP contribution is -1.81. The van der Waals surface area contributed by atoms with E-state index in [1.54, 1.807) is 18.2 Å². The minimum absolute atomic E-state index is 0.0521. The smallest absolute Gasteiger partial charge is 0.143 e. The molecule has 0 heterocycles. The van der Waals surface area contributed by atoms with Gasteiger partial charge in [-0.25, -0.2) is 0 Å². The summed E-state index contributed by atoms with van der Waals surface area (Å²) in [5.74, 6) is 0.104. The molecule has 0 aliphatic carbocycles. The molecule has 5 aromatic rings. The summed E-state index contributed by atoms with van der Waals surface area (Å²) in [7, 11) is 0. The van der Waals surface area contributed by atoms with Crippen molar-refractivity contribution in [2.75, 3.05) is 0 Å². The molecule has 0 amide bonds. The van der Waals surface area contributed by atoms with Gasteiger partial charge in [-0.05, 0) is 78.2 Å². The van der Waals surface area contributed by atoms with Crippen molar-refractivity contribution < 1.29 is 10.2 Å². The highest BCUT2D eigenvalue weighted by atomic mass is 79.9. The number of phenols is 2. The predicted molar refractivity (Wildman–Crippen MR) is 151 cm³/mol. The fourth-order valence-electron chi connectivity index (χ4n) is 4.01. The summed E-state index contributed by atoms with van der Waals surface area (Å²) in [5.41, 5.74) is 3.83. The molecule has 5 aromatic carbocycles. The predicted octanol–water partition coefficient (Wildman–Crippen LogP) is 10.4. The van der Waals surface area contributed by atoms with Gasteiger partial charge in [0.05, 0.1) is 11.4 Å². The summed E-state index contributed by atoms with van der Waals surface area (Å²) in [6, 6.07) is 22.2. The Balaban J connectivity index is 1.54. The molecule has 0 saturated carbocycles. The Morgan fingerprint density at radius 2 is 0.972 bits per heavy atom. The minimum atomic E-state index is 0.0521. The monoisotopic (exact) mass is 602 g/mol. The first-order valence-electron chi connectivity index (χ1n) is 11.1. The average molecular weight is 604 g/mol. The molecule has 0 saturated heterocycles. The summed E-state index contributed by atoms with van der Waals surface area (Å²) in [4.78, 5) is 0. The van der Waals surface area contributed by atoms with E-state index in [0.29, 0.717) is 22.7 Å². The summed E-state index contributed by atoms with van der Waals surface area (Å²) < 4.78 is 1.88. The van der Waals surface area contributed by atoms with E-state index in [1.165, 1.54) is 0 Å². The third kappa shape index (κ3) is 4.74. The fourth-order valence-corrected chi connectivity index (χ4v) is 4.77. The molecule has 36 heavy (non-hydrogen) atoms. The van der Waals surface area contributed by atoms with E-state index < -0.39 is 0 Å². The van der Waals surface area contributed by atoms with Crippen molar-refractivity contribution in [3.05, 3.63) is 92.9 Å². The van der Waals surface area contributed by atoms with E-state index in [-0.39, 0.29) is 11.5 Å². The molecule has 0 aromatic heterocycles. The van der Waals surface area contributed by atoms with Crippen LogP contribution in [0.4, 0.5) is 22.7 Å². The molecule has 0 aliphatic rings. The average Bonchev–Trinajstić information content (AvgIpc) is 2.84. The van der Waals surface area contributed by atoms with Gasteiger partial charge in [-0.15, -0.1) is 10.2 Å². The Hall–Kier alpha value is -3.62. The minimum Gasteiger partial charge on any atom is -0.506 e. The standard InChI is InChI=1S/C28H20Br2N4O2/c1-15-11-16(2)24(32-34-28-22-8-6-20(30)13-18(22)4-10-26(28)36)14-23(15)31-33-27-21-7-5-19(29)12-17(21)3-9-25(27)35/h3-14,35-36H,1-2H3. The van der Waals surface area contributed by atoms with Crippen molar-refractivity contribution in [3.8, 4) is 11.5 Å². The van der Waals surface area contributed by atoms with E-state index >= 15 is 0 Å². The molecule has 0 fully saturated rings. The van der Waals surface area contributed by atoms with Crippen LogP contribution in [0.3, 0.4) is 0 Å². The van der Waals surface area contributed by atoms with E-state index in [2.05, 4.69) is 52.3 Å². The molecule has 6 nitrogen and oxygen atoms in total. The van der Waals surface area contributed by atoms with Crippen LogP contribution >= 0.6 is 31.9 Å². The van der Waals surface area contributed by atoms with Gasteiger partial charge in [0.1, 0.15) is 22.9 Å². The van der Waals surface area contributed by atoms with Gasteiger partial charge in [0.2, 0.25) is 0 Å². The maximum absolute atomic E-state index is 10.4. The second-order valence-electron chi connectivity index (χ2n) is 8.42. The molecule has 0 bridgehead atoms. The van der Waals surface area contributed by atoms with Gasteiger partial charge in [-0.3, -0.25) is 0 Å². The van der Waals surface area contributed by atoms with E-state index in [1.807, 2.05) is 68.4 Å². The number of halogens is 2. The van der Waals surface area contributed by atoms with Gasteiger partial charge >= 0.3 is 0 Å². The Morgan fingerprint density at radius 3 is 1.42 bits per heavy atom. The van der Waals surface area contributed by atoms with Crippen LogP contribution in [0.2, 0.25) is 0 Å². The fraction of sp³-hybridized carbons (Fsp3) is 0.0714. The zero-order valence-electron chi connectivity index (χ0n) is 19.4. The van der Waals surface area contributed by atoms with Crippen LogP contribution in [0.25, 0.3) is 21.5 Å². The lowest BCUT2D eigenvalue weighted by atomic mass is 10.1. The Kier molecular flexibility index (Phi) is 6.55. The van der Waals surface area contributed by atoms with Crippen LogP contribution in [0.15, 0.2) is 102 Å². The van der Waals surface area contributed by atoms with E-state index in [9.17, 15) is 10.2 Å². The molecule has 2 N–H and O–H groups in total. The SMILES string of the molecule is Cc1cc(C)c(N=Nc2c(O)ccc3cc(Br)ccc23)cc1N=Nc1c(O)ccc2cc(Br)ccc12. The molecule has 0 aliphatic heterocycles. The van der Waals surface area contributed by atoms with Crippen LogP contribution in [0.1, 0.15) is 11.1 Å². The molecular weight excluding hydrogens is 584 g/mol. The third-order valence-corrected chi connectivity index (χ3v) is 6.88. The first kappa shape index (κ1) is 24.1. The van der Waals surface area contributed by atoms with Crippen molar-refractivity contribution in [1.82, 2.24) is 0 Å². The van der Waals surface area contributed by atoms with Gasteiger partial charge in [-0.1, -0.05) is 62.2 Å². The molecule has 8 heteroatoms. The van der Waals surface area contributed by atoms with Gasteiger partial charge in [0.25, 0.3) is 0 Å². The van der Waals surface area contributed by atoms with Crippen molar-refractivity contribution >= 4 is 76.2 Å². The van der Waals surface area contributed by atoms with Crippen LogP contribution in [-0.2, 0) is 0 Å². The van der Waals surface area contributed by atoms with Crippen molar-refractivity contribution in [2.24, 2.45) is 20.5 Å². The maximum Gasteiger partial charge on any atom is 0.143 e. The van der Waals surface area contributed by atoms with Crippen LogP contribution in [-0.4, -0.2) is 10.2 Å². The van der Waals surface area contributed by atoms with Gasteiger partial charge in [-0.2, -0.15) is 10.2 Å². The summed E-state index contributed by atoms with van der Waals surface area (Å²) in [6.45, 7) is 3.88. The zero-order valence-corrected chi connectivity index (χ0v) is 22.5. The van der Waals surface area contributed by atoms with Gasteiger partial charge < -0.3 is 10.2 Å². The van der Waals surface area contributed by atoms with E-state index in [4.69, 9.17) is 0 Å². The summed E-state index contributed by atoms with van der Waals surface area (Å²) in [6.07, 6.45) is 0. The molecule has 0 atom stereocenters. The number of phenolic OH excluding ortho intramolecular Hbond substituents is 2. The lowest BCUT2D eigenvalue weighted by molar-refractivity contribution is 0.476. The molecule has 5 rings (SSSR count). The highest BCUT2D eigenvalue weighted by molar-refractivity contribution is 9.10. The Morgan fingerprint density at radius 1 is 0.528 bits per heavy atom. The topological polar surface area (TPSA) is 89.9 Å². The Labute approximate surface area is 224 Å². The first-order valence-corrected chi connectivity index (χ1v) is 12.7. The number of nitrogens with zero attached hydrogens (tertiary/aromatic N) is 4. The number of fused-ring (bicyclic) bond motifs is 2. The van der Waals surface area contributed by atoms with Crippen LogP contribution < -0.4 is 0 Å². The van der Waals surface area contributed by atoms with Crippen molar-refractivity contribution in [3.63, 3.8) is 0 Å². The highest BCUT2D eigenvalue weighted by Gasteiger charge is 2.10. The first-order chi connectivity index (χ1) is 17.3. The number of aryl methyl sites for hydroxylation is 2. The molecule has 0 spiro atoms. The highest BCUT2D eigenvalue weighted by Crippen LogP contribution is 2.40. The third-order valence-electron chi connectivity index (χ3n) is 5.89. The lowest BCUT2D eigenvalue weighted by Gasteiger charge is -2.07. The van der Waals surface area contributed by atoms with Gasteiger partial charge in [0, 0.05) is 19.7 Å².